The molecule has 0 bridgehead atoms. The predicted octanol–water partition coefficient (Wildman–Crippen LogP) is 0.407. The molecule has 2 N–H and O–H groups in total. The van der Waals surface area contributed by atoms with Gasteiger partial charge in [0.05, 0.1) is 6.54 Å². The number of rotatable bonds is 3. The van der Waals surface area contributed by atoms with Crippen molar-refractivity contribution in [2.45, 2.75) is 10.3 Å². The summed E-state index contributed by atoms with van der Waals surface area (Å²) in [7, 11) is -4.76. The van der Waals surface area contributed by atoms with E-state index in [-0.39, 0.29) is 0 Å². The molecule has 78 valence electrons. The quantitative estimate of drug-likeness (QED) is 0.803. The van der Waals surface area contributed by atoms with Crippen LogP contribution in [0.15, 0.2) is 29.4 Å². The Kier molecular flexibility index (Phi) is 2.81. The number of aromatic nitrogens is 1. The smallest absolute Gasteiger partial charge is 0.324 e. The molecule has 0 aromatic carbocycles. The van der Waals surface area contributed by atoms with Crippen molar-refractivity contribution in [3.63, 3.8) is 0 Å². The van der Waals surface area contributed by atoms with Gasteiger partial charge < -0.3 is 5.73 Å². The van der Waals surface area contributed by atoms with Gasteiger partial charge in [0.15, 0.2) is 5.03 Å². The molecule has 0 fully saturated rings. The van der Waals surface area contributed by atoms with Crippen LogP contribution in [0.4, 0.5) is 8.78 Å². The highest BCUT2D eigenvalue weighted by molar-refractivity contribution is 7.92. The molecule has 1 rings (SSSR count). The third-order valence-electron chi connectivity index (χ3n) is 1.54. The van der Waals surface area contributed by atoms with Crippen LogP contribution in [0.25, 0.3) is 0 Å². The predicted molar refractivity (Wildman–Crippen MR) is 45.4 cm³/mol. The zero-order valence-corrected chi connectivity index (χ0v) is 7.84. The number of sulfone groups is 1. The van der Waals surface area contributed by atoms with Crippen molar-refractivity contribution in [2.24, 2.45) is 5.73 Å². The van der Waals surface area contributed by atoms with Crippen molar-refractivity contribution in [1.29, 1.82) is 0 Å². The topological polar surface area (TPSA) is 73.1 Å². The minimum absolute atomic E-state index is 0.671. The second-order valence-electron chi connectivity index (χ2n) is 2.51. The largest absolute Gasteiger partial charge is 0.363 e. The van der Waals surface area contributed by atoms with Crippen LogP contribution in [-0.4, -0.2) is 25.2 Å². The molecule has 0 atom stereocenters. The highest BCUT2D eigenvalue weighted by atomic mass is 32.2. The minimum Gasteiger partial charge on any atom is -0.324 e. The Morgan fingerprint density at radius 2 is 2.07 bits per heavy atom. The van der Waals surface area contributed by atoms with E-state index in [1.54, 1.807) is 0 Å². The third-order valence-corrected chi connectivity index (χ3v) is 3.29. The minimum atomic E-state index is -4.76. The SMILES string of the molecule is NCC(F)(F)S(=O)(=O)c1ccccn1. The maximum absolute atomic E-state index is 12.9. The highest BCUT2D eigenvalue weighted by Gasteiger charge is 2.45. The van der Waals surface area contributed by atoms with Gasteiger partial charge >= 0.3 is 5.25 Å². The van der Waals surface area contributed by atoms with Crippen molar-refractivity contribution < 1.29 is 17.2 Å². The summed E-state index contributed by atoms with van der Waals surface area (Å²) in [6.45, 7) is -1.26. The number of nitrogens with two attached hydrogens (primary N) is 1. The average Bonchev–Trinajstić information content (AvgIpc) is 2.19. The molecule has 4 nitrogen and oxygen atoms in total. The number of hydrogen-bond acceptors (Lipinski definition) is 4. The van der Waals surface area contributed by atoms with E-state index in [0.717, 1.165) is 12.3 Å². The molecule has 0 amide bonds. The van der Waals surface area contributed by atoms with E-state index < -0.39 is 26.7 Å². The van der Waals surface area contributed by atoms with Gasteiger partial charge in [-0.05, 0) is 12.1 Å². The number of alkyl halides is 2. The van der Waals surface area contributed by atoms with Crippen molar-refractivity contribution >= 4 is 9.84 Å². The molecule has 14 heavy (non-hydrogen) atoms. The van der Waals surface area contributed by atoms with E-state index in [0.29, 0.717) is 0 Å². The molecule has 0 saturated carbocycles. The molecule has 0 spiro atoms. The van der Waals surface area contributed by atoms with Gasteiger partial charge in [0.1, 0.15) is 0 Å². The lowest BCUT2D eigenvalue weighted by molar-refractivity contribution is 0.101. The monoisotopic (exact) mass is 222 g/mol. The van der Waals surface area contributed by atoms with Crippen LogP contribution in [0.1, 0.15) is 0 Å². The van der Waals surface area contributed by atoms with E-state index in [4.69, 9.17) is 0 Å². The summed E-state index contributed by atoms with van der Waals surface area (Å²) in [5, 5.41) is -4.64. The fourth-order valence-corrected chi connectivity index (χ4v) is 1.75. The zero-order chi connectivity index (χ0) is 10.8. The van der Waals surface area contributed by atoms with Crippen LogP contribution in [0.2, 0.25) is 0 Å². The molecule has 0 aliphatic rings. The Balaban J connectivity index is 3.23. The van der Waals surface area contributed by atoms with Gasteiger partial charge in [0.25, 0.3) is 9.84 Å². The number of pyridine rings is 1. The number of nitrogens with zero attached hydrogens (tertiary/aromatic N) is 1. The second-order valence-corrected chi connectivity index (χ2v) is 4.54. The van der Waals surface area contributed by atoms with Crippen LogP contribution in [0.5, 0.6) is 0 Å². The Bertz CT molecular complexity index is 405. The second kappa shape index (κ2) is 3.58. The molecule has 1 heterocycles. The summed E-state index contributed by atoms with van der Waals surface area (Å²) >= 11 is 0. The van der Waals surface area contributed by atoms with Gasteiger partial charge in [0.2, 0.25) is 0 Å². The van der Waals surface area contributed by atoms with Crippen LogP contribution < -0.4 is 5.73 Å². The van der Waals surface area contributed by atoms with E-state index in [2.05, 4.69) is 10.7 Å². The van der Waals surface area contributed by atoms with Gasteiger partial charge in [0, 0.05) is 6.20 Å². The number of hydrogen-bond donors (Lipinski definition) is 1. The van der Waals surface area contributed by atoms with Gasteiger partial charge in [-0.25, -0.2) is 13.4 Å². The first-order valence-electron chi connectivity index (χ1n) is 3.65. The Morgan fingerprint density at radius 3 is 2.50 bits per heavy atom. The van der Waals surface area contributed by atoms with Gasteiger partial charge in [-0.3, -0.25) is 0 Å². The van der Waals surface area contributed by atoms with E-state index >= 15 is 0 Å². The van der Waals surface area contributed by atoms with Crippen LogP contribution >= 0.6 is 0 Å². The molecular formula is C7H8F2N2O2S. The van der Waals surface area contributed by atoms with Crippen LogP contribution in [-0.2, 0) is 9.84 Å². The molecule has 1 aromatic heterocycles. The first-order chi connectivity index (χ1) is 6.42. The lowest BCUT2D eigenvalue weighted by atomic mass is 10.5. The van der Waals surface area contributed by atoms with Gasteiger partial charge in [-0.2, -0.15) is 8.78 Å². The Morgan fingerprint density at radius 1 is 1.43 bits per heavy atom. The first-order valence-corrected chi connectivity index (χ1v) is 5.13. The lowest BCUT2D eigenvalue weighted by Gasteiger charge is -2.13. The third kappa shape index (κ3) is 1.73. The normalized spacial score (nSPS) is 12.8. The van der Waals surface area contributed by atoms with E-state index in [1.807, 2.05) is 0 Å². The van der Waals surface area contributed by atoms with Crippen molar-refractivity contribution in [1.82, 2.24) is 4.98 Å². The van der Waals surface area contributed by atoms with Gasteiger partial charge in [-0.15, -0.1) is 0 Å². The fourth-order valence-electron chi connectivity index (χ4n) is 0.769. The van der Waals surface area contributed by atoms with Crippen molar-refractivity contribution in [2.75, 3.05) is 6.54 Å². The van der Waals surface area contributed by atoms with Crippen molar-refractivity contribution in [3.05, 3.63) is 24.4 Å². The lowest BCUT2D eigenvalue weighted by Crippen LogP contribution is -2.37. The standard InChI is InChI=1S/C7H8F2N2O2S/c8-7(9,5-10)14(12,13)6-3-1-2-4-11-6/h1-4H,5,10H2. The Labute approximate surface area is 79.7 Å². The molecule has 0 aliphatic carbocycles. The summed E-state index contributed by atoms with van der Waals surface area (Å²) in [5.41, 5.74) is 4.67. The highest BCUT2D eigenvalue weighted by Crippen LogP contribution is 2.26. The summed E-state index contributed by atoms with van der Waals surface area (Å²) in [6.07, 6.45) is 1.12. The summed E-state index contributed by atoms with van der Waals surface area (Å²) in [4.78, 5) is 3.34. The average molecular weight is 222 g/mol. The van der Waals surface area contributed by atoms with E-state index in [1.165, 1.54) is 12.1 Å². The summed E-state index contributed by atoms with van der Waals surface area (Å²) in [6, 6.07) is 3.74. The molecule has 0 radical (unpaired) electrons. The summed E-state index contributed by atoms with van der Waals surface area (Å²) in [5.74, 6) is 0. The Hall–Kier alpha value is -1.08. The van der Waals surface area contributed by atoms with Crippen molar-refractivity contribution in [3.8, 4) is 0 Å². The van der Waals surface area contributed by atoms with E-state index in [9.17, 15) is 17.2 Å². The molecule has 0 unspecified atom stereocenters. The fraction of sp³-hybridized carbons (Fsp3) is 0.286. The number of halogens is 2. The van der Waals surface area contributed by atoms with Gasteiger partial charge in [-0.1, -0.05) is 6.07 Å². The van der Waals surface area contributed by atoms with Crippen LogP contribution in [0, 0.1) is 0 Å². The zero-order valence-electron chi connectivity index (χ0n) is 7.02. The molecule has 0 saturated heterocycles. The van der Waals surface area contributed by atoms with Crippen LogP contribution in [0.3, 0.4) is 0 Å². The summed E-state index contributed by atoms with van der Waals surface area (Å²) < 4.78 is 48.1. The molecule has 0 aliphatic heterocycles. The molecular weight excluding hydrogens is 214 g/mol. The maximum Gasteiger partial charge on any atom is 0.363 e. The maximum atomic E-state index is 12.9. The molecule has 7 heteroatoms. The first kappa shape index (κ1) is 11.0. The molecule has 1 aromatic rings.